The van der Waals surface area contributed by atoms with Gasteiger partial charge >= 0.3 is 0 Å². The largest absolute Gasteiger partial charge is 0.357 e. The number of hydrogen-bond acceptors (Lipinski definition) is 4. The molecule has 1 aliphatic heterocycles. The first kappa shape index (κ1) is 21.0. The Hall–Kier alpha value is -0.0200. The van der Waals surface area contributed by atoms with Crippen molar-refractivity contribution in [2.45, 2.75) is 57.7 Å². The molecule has 0 amide bonds. The van der Waals surface area contributed by atoms with E-state index in [1.54, 1.807) is 11.3 Å². The van der Waals surface area contributed by atoms with Gasteiger partial charge in [0.25, 0.3) is 0 Å². The molecule has 1 fully saturated rings. The minimum Gasteiger partial charge on any atom is -0.357 e. The third-order valence-corrected chi connectivity index (χ3v) is 6.17. The topological polar surface area (TPSA) is 49.3 Å². The zero-order valence-corrected chi connectivity index (χ0v) is 18.5. The molecule has 23 heavy (non-hydrogen) atoms. The molecule has 1 saturated heterocycles. The molecule has 1 atom stereocenters. The van der Waals surface area contributed by atoms with Gasteiger partial charge in [-0.15, -0.1) is 35.3 Å². The van der Waals surface area contributed by atoms with Crippen LogP contribution in [0.2, 0.25) is 0 Å². The number of nitrogens with zero attached hydrogens (tertiary/aromatic N) is 2. The predicted molar refractivity (Wildman–Crippen MR) is 115 cm³/mol. The summed E-state index contributed by atoms with van der Waals surface area (Å²) in [6.45, 7) is 11.2. The number of aromatic nitrogens is 1. The first-order chi connectivity index (χ1) is 10.5. The van der Waals surface area contributed by atoms with Crippen molar-refractivity contribution in [3.05, 3.63) is 16.1 Å². The van der Waals surface area contributed by atoms with Crippen molar-refractivity contribution in [3.63, 3.8) is 0 Å². The molecule has 0 aliphatic carbocycles. The number of thiazole rings is 1. The molecule has 0 aromatic carbocycles. The summed E-state index contributed by atoms with van der Waals surface area (Å²) < 4.78 is 0. The Balaban J connectivity index is 0.00000264. The second kappa shape index (κ2) is 10.1. The van der Waals surface area contributed by atoms with Gasteiger partial charge in [-0.3, -0.25) is 0 Å². The third-order valence-electron chi connectivity index (χ3n) is 3.46. The number of aliphatic imine (C=N–C) groups is 1. The lowest BCUT2D eigenvalue weighted by Crippen LogP contribution is -2.40. The van der Waals surface area contributed by atoms with Crippen LogP contribution in [0.5, 0.6) is 0 Å². The summed E-state index contributed by atoms with van der Waals surface area (Å²) in [4.78, 5) is 9.37. The predicted octanol–water partition coefficient (Wildman–Crippen LogP) is 4.01. The summed E-state index contributed by atoms with van der Waals surface area (Å²) in [5, 5.41) is 10.8. The molecule has 0 radical (unpaired) electrons. The molecule has 1 unspecified atom stereocenters. The molecule has 7 heteroatoms. The van der Waals surface area contributed by atoms with E-state index in [0.29, 0.717) is 6.54 Å². The van der Waals surface area contributed by atoms with E-state index in [9.17, 15) is 0 Å². The number of nitrogens with one attached hydrogen (secondary N) is 2. The van der Waals surface area contributed by atoms with E-state index in [4.69, 9.17) is 4.98 Å². The molecule has 2 heterocycles. The van der Waals surface area contributed by atoms with Crippen LogP contribution in [-0.2, 0) is 12.0 Å². The molecule has 0 bridgehead atoms. The van der Waals surface area contributed by atoms with Crippen LogP contribution in [0, 0.1) is 0 Å². The highest BCUT2D eigenvalue weighted by Gasteiger charge is 2.18. The standard InChI is InChI=1S/C16H28N4S2.HI/c1-5-17-15(19-10-13-7-6-8-21-13)18-9-12-11-22-14(20-12)16(2,3)4;/h11,13H,5-10H2,1-4H3,(H2,17,18,19);1H. The summed E-state index contributed by atoms with van der Waals surface area (Å²) in [5.74, 6) is 2.20. The summed E-state index contributed by atoms with van der Waals surface area (Å²) in [5.41, 5.74) is 1.18. The Kier molecular flexibility index (Phi) is 9.21. The van der Waals surface area contributed by atoms with Crippen LogP contribution in [0.4, 0.5) is 0 Å². The SMILES string of the molecule is CCNC(=NCc1csc(C(C)(C)C)n1)NCC1CCCS1.I. The second-order valence-electron chi connectivity index (χ2n) is 6.61. The molecular formula is C16H29IN4S2. The molecule has 1 aliphatic rings. The minimum atomic E-state index is 0. The van der Waals surface area contributed by atoms with Gasteiger partial charge in [-0.25, -0.2) is 9.98 Å². The van der Waals surface area contributed by atoms with E-state index >= 15 is 0 Å². The molecule has 1 aromatic heterocycles. The van der Waals surface area contributed by atoms with Gasteiger partial charge in [0.1, 0.15) is 0 Å². The highest BCUT2D eigenvalue weighted by atomic mass is 127. The zero-order valence-electron chi connectivity index (χ0n) is 14.5. The van der Waals surface area contributed by atoms with E-state index < -0.39 is 0 Å². The fourth-order valence-electron chi connectivity index (χ4n) is 2.24. The molecule has 2 rings (SSSR count). The van der Waals surface area contributed by atoms with Crippen molar-refractivity contribution in [2.24, 2.45) is 4.99 Å². The summed E-state index contributed by atoms with van der Waals surface area (Å²) >= 11 is 3.80. The first-order valence-electron chi connectivity index (χ1n) is 8.07. The quantitative estimate of drug-likeness (QED) is 0.390. The summed E-state index contributed by atoms with van der Waals surface area (Å²) in [6.07, 6.45) is 2.66. The van der Waals surface area contributed by atoms with Crippen molar-refractivity contribution >= 4 is 53.0 Å². The Morgan fingerprint density at radius 3 is 2.74 bits per heavy atom. The molecule has 1 aromatic rings. The van der Waals surface area contributed by atoms with Crippen molar-refractivity contribution in [1.29, 1.82) is 0 Å². The van der Waals surface area contributed by atoms with Gasteiger partial charge in [-0.2, -0.15) is 11.8 Å². The molecule has 2 N–H and O–H groups in total. The molecular weight excluding hydrogens is 439 g/mol. The van der Waals surface area contributed by atoms with Crippen molar-refractivity contribution in [1.82, 2.24) is 15.6 Å². The molecule has 4 nitrogen and oxygen atoms in total. The van der Waals surface area contributed by atoms with Crippen LogP contribution in [0.15, 0.2) is 10.4 Å². The highest BCUT2D eigenvalue weighted by molar-refractivity contribution is 14.0. The number of halogens is 1. The summed E-state index contributed by atoms with van der Waals surface area (Å²) in [6, 6.07) is 0. The van der Waals surface area contributed by atoms with E-state index in [-0.39, 0.29) is 29.4 Å². The Morgan fingerprint density at radius 2 is 2.17 bits per heavy atom. The van der Waals surface area contributed by atoms with Gasteiger partial charge < -0.3 is 10.6 Å². The van der Waals surface area contributed by atoms with E-state index in [1.165, 1.54) is 23.6 Å². The maximum Gasteiger partial charge on any atom is 0.191 e. The van der Waals surface area contributed by atoms with Crippen LogP contribution in [-0.4, -0.2) is 35.0 Å². The van der Waals surface area contributed by atoms with Crippen LogP contribution in [0.25, 0.3) is 0 Å². The maximum atomic E-state index is 4.70. The van der Waals surface area contributed by atoms with Gasteiger partial charge in [-0.1, -0.05) is 20.8 Å². The van der Waals surface area contributed by atoms with Crippen molar-refractivity contribution in [3.8, 4) is 0 Å². The van der Waals surface area contributed by atoms with Crippen LogP contribution < -0.4 is 10.6 Å². The molecule has 0 spiro atoms. The van der Waals surface area contributed by atoms with Gasteiger partial charge in [0.05, 0.1) is 17.2 Å². The van der Waals surface area contributed by atoms with Crippen molar-refractivity contribution in [2.75, 3.05) is 18.8 Å². The Bertz CT molecular complexity index is 491. The number of rotatable bonds is 5. The average molecular weight is 468 g/mol. The van der Waals surface area contributed by atoms with Crippen LogP contribution >= 0.6 is 47.1 Å². The monoisotopic (exact) mass is 468 g/mol. The maximum absolute atomic E-state index is 4.70. The molecule has 0 saturated carbocycles. The number of guanidine groups is 1. The highest BCUT2D eigenvalue weighted by Crippen LogP contribution is 2.26. The first-order valence-corrected chi connectivity index (χ1v) is 10.0. The smallest absolute Gasteiger partial charge is 0.191 e. The van der Waals surface area contributed by atoms with E-state index in [0.717, 1.165) is 30.0 Å². The van der Waals surface area contributed by atoms with Gasteiger partial charge in [0.2, 0.25) is 0 Å². The zero-order chi connectivity index (χ0) is 16.0. The van der Waals surface area contributed by atoms with Gasteiger partial charge in [0, 0.05) is 29.1 Å². The van der Waals surface area contributed by atoms with Crippen LogP contribution in [0.1, 0.15) is 51.2 Å². The lowest BCUT2D eigenvalue weighted by Gasteiger charge is -2.14. The fraction of sp³-hybridized carbons (Fsp3) is 0.750. The minimum absolute atomic E-state index is 0. The van der Waals surface area contributed by atoms with E-state index in [1.807, 2.05) is 0 Å². The normalized spacial score (nSPS) is 18.6. The average Bonchev–Trinajstić information content (AvgIpc) is 3.12. The fourth-order valence-corrected chi connectivity index (χ4v) is 4.34. The summed E-state index contributed by atoms with van der Waals surface area (Å²) in [7, 11) is 0. The van der Waals surface area contributed by atoms with Gasteiger partial charge in [-0.05, 0) is 25.5 Å². The van der Waals surface area contributed by atoms with E-state index in [2.05, 4.69) is 60.5 Å². The Morgan fingerprint density at radius 1 is 1.39 bits per heavy atom. The lowest BCUT2D eigenvalue weighted by atomic mass is 9.98. The number of thioether (sulfide) groups is 1. The third kappa shape index (κ3) is 7.17. The lowest BCUT2D eigenvalue weighted by molar-refractivity contribution is 0.583. The van der Waals surface area contributed by atoms with Gasteiger partial charge in [0.15, 0.2) is 5.96 Å². The second-order valence-corrected chi connectivity index (χ2v) is 8.87. The number of hydrogen-bond donors (Lipinski definition) is 2. The Labute approximate surface area is 165 Å². The molecule has 132 valence electrons. The van der Waals surface area contributed by atoms with Crippen LogP contribution in [0.3, 0.4) is 0 Å². The van der Waals surface area contributed by atoms with Crippen molar-refractivity contribution < 1.29 is 0 Å².